The summed E-state index contributed by atoms with van der Waals surface area (Å²) in [6.07, 6.45) is 0. The molecule has 1 amide bonds. The van der Waals surface area contributed by atoms with Crippen molar-refractivity contribution in [1.82, 2.24) is 0 Å². The Labute approximate surface area is 215 Å². The number of ether oxygens (including phenoxy) is 1. The highest BCUT2D eigenvalue weighted by atomic mass is 79.9. The van der Waals surface area contributed by atoms with Gasteiger partial charge in [-0.25, -0.2) is 0 Å². The minimum Gasteiger partial charge on any atom is -0.457 e. The molecule has 0 aliphatic carbocycles. The van der Waals surface area contributed by atoms with Gasteiger partial charge in [0.05, 0.1) is 17.0 Å². The number of halogens is 1. The maximum Gasteiger partial charge on any atom is 0.295 e. The second kappa shape index (κ2) is 8.81. The minimum atomic E-state index is -0.672. The zero-order valence-corrected chi connectivity index (χ0v) is 20.9. The molecule has 0 fully saturated rings. The number of anilines is 1. The highest BCUT2D eigenvalue weighted by Gasteiger charge is 2.43. The lowest BCUT2D eigenvalue weighted by molar-refractivity contribution is 0.0971. The number of fused-ring (bicyclic) bond motifs is 2. The number of hydrogen-bond acceptors (Lipinski definition) is 4. The summed E-state index contributed by atoms with van der Waals surface area (Å²) >= 11 is 3.46. The summed E-state index contributed by atoms with van der Waals surface area (Å²) in [6, 6.07) is 29.1. The predicted molar refractivity (Wildman–Crippen MR) is 143 cm³/mol. The van der Waals surface area contributed by atoms with Crippen LogP contribution in [0.3, 0.4) is 0 Å². The average Bonchev–Trinajstić information content (AvgIpc) is 3.18. The normalized spacial score (nSPS) is 14.8. The molecule has 1 aromatic heterocycles. The van der Waals surface area contributed by atoms with Crippen molar-refractivity contribution in [3.63, 3.8) is 0 Å². The molecule has 4 aromatic carbocycles. The van der Waals surface area contributed by atoms with E-state index in [-0.39, 0.29) is 17.1 Å². The summed E-state index contributed by atoms with van der Waals surface area (Å²) < 4.78 is 13.0. The molecule has 0 radical (unpaired) electrons. The molecule has 0 bridgehead atoms. The topological polar surface area (TPSA) is 59.8 Å². The largest absolute Gasteiger partial charge is 0.457 e. The van der Waals surface area contributed by atoms with Gasteiger partial charge in [-0.05, 0) is 73.2 Å². The van der Waals surface area contributed by atoms with Gasteiger partial charge < -0.3 is 9.15 Å². The highest BCUT2D eigenvalue weighted by Crippen LogP contribution is 2.42. The van der Waals surface area contributed by atoms with Crippen LogP contribution < -0.4 is 15.1 Å². The molecule has 0 N–H and O–H groups in total. The molecule has 176 valence electrons. The Morgan fingerprint density at radius 3 is 2.36 bits per heavy atom. The second-order valence-electron chi connectivity index (χ2n) is 8.72. The first-order valence-corrected chi connectivity index (χ1v) is 12.3. The molecule has 1 atom stereocenters. The zero-order valence-electron chi connectivity index (χ0n) is 19.3. The fourth-order valence-electron chi connectivity index (χ4n) is 4.64. The van der Waals surface area contributed by atoms with Crippen LogP contribution >= 0.6 is 15.9 Å². The van der Waals surface area contributed by atoms with E-state index in [9.17, 15) is 9.59 Å². The number of amides is 1. The summed E-state index contributed by atoms with van der Waals surface area (Å²) in [4.78, 5) is 29.2. The van der Waals surface area contributed by atoms with Crippen molar-refractivity contribution in [2.45, 2.75) is 13.0 Å². The van der Waals surface area contributed by atoms with E-state index in [2.05, 4.69) is 15.9 Å². The molecule has 1 unspecified atom stereocenters. The van der Waals surface area contributed by atoms with Gasteiger partial charge in [-0.2, -0.15) is 0 Å². The van der Waals surface area contributed by atoms with E-state index in [1.165, 1.54) is 0 Å². The van der Waals surface area contributed by atoms with Crippen LogP contribution in [-0.4, -0.2) is 5.91 Å². The Morgan fingerprint density at radius 2 is 1.58 bits per heavy atom. The Morgan fingerprint density at radius 1 is 0.833 bits per heavy atom. The third kappa shape index (κ3) is 3.80. The number of benzene rings is 4. The maximum absolute atomic E-state index is 13.8. The van der Waals surface area contributed by atoms with Crippen LogP contribution in [0.4, 0.5) is 5.69 Å². The van der Waals surface area contributed by atoms with Gasteiger partial charge in [-0.3, -0.25) is 14.5 Å². The molecule has 0 saturated heterocycles. The number of carbonyl (C=O) groups is 1. The lowest BCUT2D eigenvalue weighted by atomic mass is 9.97. The molecule has 5 nitrogen and oxygen atoms in total. The van der Waals surface area contributed by atoms with Crippen molar-refractivity contribution in [2.75, 3.05) is 4.90 Å². The van der Waals surface area contributed by atoms with Crippen LogP contribution in [0, 0.1) is 6.92 Å². The first kappa shape index (κ1) is 22.3. The van der Waals surface area contributed by atoms with E-state index in [1.54, 1.807) is 17.0 Å². The third-order valence-corrected chi connectivity index (χ3v) is 6.81. The van der Waals surface area contributed by atoms with Gasteiger partial charge >= 0.3 is 0 Å². The van der Waals surface area contributed by atoms with E-state index in [0.29, 0.717) is 33.7 Å². The number of carbonyl (C=O) groups excluding carboxylic acids is 1. The molecule has 1 aliphatic rings. The van der Waals surface area contributed by atoms with Gasteiger partial charge in [0, 0.05) is 10.2 Å². The van der Waals surface area contributed by atoms with E-state index >= 15 is 0 Å². The number of hydrogen-bond donors (Lipinski definition) is 0. The van der Waals surface area contributed by atoms with E-state index in [4.69, 9.17) is 9.15 Å². The fraction of sp³-hybridized carbons (Fsp3) is 0.0667. The van der Waals surface area contributed by atoms with Crippen LogP contribution in [0.1, 0.15) is 33.3 Å². The Hall–Kier alpha value is -4.16. The van der Waals surface area contributed by atoms with Crippen molar-refractivity contribution < 1.29 is 13.9 Å². The monoisotopic (exact) mass is 537 g/mol. The molecule has 0 spiro atoms. The van der Waals surface area contributed by atoms with Crippen LogP contribution in [0.2, 0.25) is 0 Å². The van der Waals surface area contributed by atoms with Gasteiger partial charge in [0.2, 0.25) is 5.76 Å². The van der Waals surface area contributed by atoms with Gasteiger partial charge in [0.1, 0.15) is 17.1 Å². The summed E-state index contributed by atoms with van der Waals surface area (Å²) in [5.41, 5.74) is 2.88. The van der Waals surface area contributed by atoms with Crippen LogP contribution in [0.25, 0.3) is 11.0 Å². The molecule has 1 aliphatic heterocycles. The number of aryl methyl sites for hydroxylation is 1. The third-order valence-electron chi connectivity index (χ3n) is 6.28. The molecule has 2 heterocycles. The quantitative estimate of drug-likeness (QED) is 0.239. The minimum absolute atomic E-state index is 0.0682. The van der Waals surface area contributed by atoms with Gasteiger partial charge in [0.25, 0.3) is 5.91 Å². The molecule has 6 heteroatoms. The second-order valence-corrected chi connectivity index (χ2v) is 9.63. The molecular weight excluding hydrogens is 518 g/mol. The molecule has 36 heavy (non-hydrogen) atoms. The SMILES string of the molecule is Cc1ccc2oc3c(c(=O)c2c1)C(c1cccc(Oc2ccccc2)c1)N(c1ccc(Br)cc1)C3=O. The first-order valence-electron chi connectivity index (χ1n) is 11.5. The summed E-state index contributed by atoms with van der Waals surface area (Å²) in [7, 11) is 0. The van der Waals surface area contributed by atoms with Gasteiger partial charge in [-0.15, -0.1) is 0 Å². The number of rotatable bonds is 4. The predicted octanol–water partition coefficient (Wildman–Crippen LogP) is 7.41. The Balaban J connectivity index is 1.55. The van der Waals surface area contributed by atoms with Crippen molar-refractivity contribution in [2.24, 2.45) is 0 Å². The Kier molecular flexibility index (Phi) is 5.46. The van der Waals surface area contributed by atoms with Crippen molar-refractivity contribution >= 4 is 38.5 Å². The maximum atomic E-state index is 13.8. The first-order chi connectivity index (χ1) is 17.5. The Bertz CT molecular complexity index is 1680. The highest BCUT2D eigenvalue weighted by molar-refractivity contribution is 9.10. The summed E-state index contributed by atoms with van der Waals surface area (Å²) in [6.45, 7) is 1.92. The smallest absolute Gasteiger partial charge is 0.295 e. The lowest BCUT2D eigenvalue weighted by Gasteiger charge is -2.25. The van der Waals surface area contributed by atoms with Gasteiger partial charge in [-0.1, -0.05) is 57.9 Å². The van der Waals surface area contributed by atoms with Crippen molar-refractivity contribution in [1.29, 1.82) is 0 Å². The molecule has 5 aromatic rings. The standard InChI is InChI=1S/C30H20BrNO4/c1-18-10-15-25-24(16-18)28(33)26-27(19-6-5-9-23(17-19)35-22-7-3-2-4-8-22)32(30(34)29(26)36-25)21-13-11-20(31)12-14-21/h2-17,27H,1H3. The van der Waals surface area contributed by atoms with Crippen LogP contribution in [0.15, 0.2) is 111 Å². The van der Waals surface area contributed by atoms with Crippen LogP contribution in [0.5, 0.6) is 11.5 Å². The summed E-state index contributed by atoms with van der Waals surface area (Å²) in [5.74, 6) is 1.02. The van der Waals surface area contributed by atoms with Crippen molar-refractivity contribution in [3.05, 3.63) is 134 Å². The van der Waals surface area contributed by atoms with E-state index in [1.807, 2.05) is 91.9 Å². The number of nitrogens with zero attached hydrogens (tertiary/aromatic N) is 1. The lowest BCUT2D eigenvalue weighted by Crippen LogP contribution is -2.29. The molecule has 0 saturated carbocycles. The van der Waals surface area contributed by atoms with Gasteiger partial charge in [0.15, 0.2) is 5.43 Å². The van der Waals surface area contributed by atoms with E-state index in [0.717, 1.165) is 15.6 Å². The number of para-hydroxylation sites is 1. The van der Waals surface area contributed by atoms with E-state index < -0.39 is 6.04 Å². The fourth-order valence-corrected chi connectivity index (χ4v) is 4.91. The molecular formula is C30H20BrNO4. The zero-order chi connectivity index (χ0) is 24.8. The van der Waals surface area contributed by atoms with Crippen molar-refractivity contribution in [3.8, 4) is 11.5 Å². The summed E-state index contributed by atoms with van der Waals surface area (Å²) in [5, 5.41) is 0.459. The average molecular weight is 538 g/mol. The molecule has 6 rings (SSSR count). The van der Waals surface area contributed by atoms with Crippen LogP contribution in [-0.2, 0) is 0 Å².